The van der Waals surface area contributed by atoms with Gasteiger partial charge in [0.2, 0.25) is 11.8 Å². The lowest BCUT2D eigenvalue weighted by atomic mass is 10.1. The van der Waals surface area contributed by atoms with Crippen molar-refractivity contribution < 1.29 is 14.5 Å². The lowest BCUT2D eigenvalue weighted by molar-refractivity contribution is -0.384. The Kier molecular flexibility index (Phi) is 4.64. The standard InChI is InChI=1S/C16H16N4O4/c21-16(9-12-1-3-13(4-2-12)20(22)23)19-8-5-14(11-19)24-15-10-17-6-7-18-15/h1-4,6-7,10,14H,5,8-9,11H2. The van der Waals surface area contributed by atoms with E-state index < -0.39 is 4.92 Å². The number of hydrogen-bond donors (Lipinski definition) is 0. The fraction of sp³-hybridized carbons (Fsp3) is 0.312. The summed E-state index contributed by atoms with van der Waals surface area (Å²) in [5.74, 6) is 0.432. The summed E-state index contributed by atoms with van der Waals surface area (Å²) in [5, 5.41) is 10.6. The number of amides is 1. The van der Waals surface area contributed by atoms with Gasteiger partial charge >= 0.3 is 0 Å². The van der Waals surface area contributed by atoms with Gasteiger partial charge in [0, 0.05) is 37.5 Å². The third-order valence-electron chi connectivity index (χ3n) is 3.83. The minimum absolute atomic E-state index is 0.0183. The number of nitrogens with zero attached hydrogens (tertiary/aromatic N) is 4. The Morgan fingerprint density at radius 3 is 2.79 bits per heavy atom. The number of non-ortho nitro benzene ring substituents is 1. The van der Waals surface area contributed by atoms with Gasteiger partial charge in [-0.15, -0.1) is 0 Å². The van der Waals surface area contributed by atoms with Crippen LogP contribution in [0.15, 0.2) is 42.9 Å². The Hall–Kier alpha value is -3.03. The molecule has 1 saturated heterocycles. The second-order valence-corrected chi connectivity index (χ2v) is 5.51. The Morgan fingerprint density at radius 2 is 2.12 bits per heavy atom. The summed E-state index contributed by atoms with van der Waals surface area (Å²) in [6.07, 6.45) is 5.53. The first-order valence-electron chi connectivity index (χ1n) is 7.55. The maximum atomic E-state index is 12.3. The van der Waals surface area contributed by atoms with E-state index in [1.165, 1.54) is 12.1 Å². The van der Waals surface area contributed by atoms with Crippen molar-refractivity contribution in [2.75, 3.05) is 13.1 Å². The van der Waals surface area contributed by atoms with Crippen molar-refractivity contribution in [3.63, 3.8) is 0 Å². The number of rotatable bonds is 5. The van der Waals surface area contributed by atoms with E-state index in [1.807, 2.05) is 0 Å². The maximum Gasteiger partial charge on any atom is 0.269 e. The first kappa shape index (κ1) is 15.9. The van der Waals surface area contributed by atoms with Gasteiger partial charge < -0.3 is 9.64 Å². The van der Waals surface area contributed by atoms with Gasteiger partial charge in [-0.25, -0.2) is 4.98 Å². The number of likely N-dealkylation sites (tertiary alicyclic amines) is 1. The molecule has 1 unspecified atom stereocenters. The summed E-state index contributed by atoms with van der Waals surface area (Å²) >= 11 is 0. The highest BCUT2D eigenvalue weighted by molar-refractivity contribution is 5.79. The number of hydrogen-bond acceptors (Lipinski definition) is 6. The van der Waals surface area contributed by atoms with Gasteiger partial charge in [0.15, 0.2) is 0 Å². The van der Waals surface area contributed by atoms with Crippen LogP contribution in [0, 0.1) is 10.1 Å². The molecule has 0 N–H and O–H groups in total. The molecule has 8 heteroatoms. The lowest BCUT2D eigenvalue weighted by Crippen LogP contribution is -2.32. The van der Waals surface area contributed by atoms with E-state index in [1.54, 1.807) is 35.6 Å². The summed E-state index contributed by atoms with van der Waals surface area (Å²) in [6.45, 7) is 1.12. The molecule has 1 amide bonds. The summed E-state index contributed by atoms with van der Waals surface area (Å²) in [5.41, 5.74) is 0.772. The molecule has 0 spiro atoms. The fourth-order valence-electron chi connectivity index (χ4n) is 2.59. The Morgan fingerprint density at radius 1 is 1.33 bits per heavy atom. The first-order chi connectivity index (χ1) is 11.6. The monoisotopic (exact) mass is 328 g/mol. The van der Waals surface area contributed by atoms with Crippen molar-refractivity contribution in [2.24, 2.45) is 0 Å². The molecule has 124 valence electrons. The van der Waals surface area contributed by atoms with Crippen LogP contribution in [0.2, 0.25) is 0 Å². The predicted octanol–water partition coefficient (Wildman–Crippen LogP) is 1.61. The number of benzene rings is 1. The number of nitro benzene ring substituents is 1. The molecule has 1 aliphatic heterocycles. The van der Waals surface area contributed by atoms with Crippen LogP contribution in [0.1, 0.15) is 12.0 Å². The molecule has 1 aromatic carbocycles. The van der Waals surface area contributed by atoms with Crippen LogP contribution in [0.25, 0.3) is 0 Å². The van der Waals surface area contributed by atoms with Gasteiger partial charge in [0.25, 0.3) is 5.69 Å². The molecule has 1 atom stereocenters. The van der Waals surface area contributed by atoms with E-state index in [0.29, 0.717) is 19.0 Å². The molecule has 3 rings (SSSR count). The molecule has 2 heterocycles. The number of ether oxygens (including phenoxy) is 1. The third-order valence-corrected chi connectivity index (χ3v) is 3.83. The highest BCUT2D eigenvalue weighted by Crippen LogP contribution is 2.18. The fourth-order valence-corrected chi connectivity index (χ4v) is 2.59. The van der Waals surface area contributed by atoms with Gasteiger partial charge in [-0.05, 0) is 5.56 Å². The summed E-state index contributed by atoms with van der Waals surface area (Å²) in [4.78, 5) is 32.3. The summed E-state index contributed by atoms with van der Waals surface area (Å²) < 4.78 is 5.71. The Balaban J connectivity index is 1.53. The molecular weight excluding hydrogens is 312 g/mol. The number of nitro groups is 1. The van der Waals surface area contributed by atoms with E-state index >= 15 is 0 Å². The molecule has 1 aromatic heterocycles. The van der Waals surface area contributed by atoms with E-state index in [0.717, 1.165) is 12.0 Å². The molecule has 0 aliphatic carbocycles. The molecule has 2 aromatic rings. The van der Waals surface area contributed by atoms with Crippen molar-refractivity contribution in [1.29, 1.82) is 0 Å². The molecule has 24 heavy (non-hydrogen) atoms. The zero-order chi connectivity index (χ0) is 16.9. The highest BCUT2D eigenvalue weighted by atomic mass is 16.6. The van der Waals surface area contributed by atoms with Crippen molar-refractivity contribution in [1.82, 2.24) is 14.9 Å². The minimum Gasteiger partial charge on any atom is -0.471 e. The van der Waals surface area contributed by atoms with Crippen molar-refractivity contribution in [3.8, 4) is 5.88 Å². The van der Waals surface area contributed by atoms with E-state index in [2.05, 4.69) is 9.97 Å². The third kappa shape index (κ3) is 3.83. The lowest BCUT2D eigenvalue weighted by Gasteiger charge is -2.17. The summed E-state index contributed by atoms with van der Waals surface area (Å²) in [7, 11) is 0. The number of carbonyl (C=O) groups excluding carboxylic acids is 1. The van der Waals surface area contributed by atoms with Crippen LogP contribution < -0.4 is 4.74 Å². The molecule has 8 nitrogen and oxygen atoms in total. The Bertz CT molecular complexity index is 721. The van der Waals surface area contributed by atoms with Gasteiger partial charge in [0.1, 0.15) is 6.10 Å². The van der Waals surface area contributed by atoms with Crippen LogP contribution in [0.4, 0.5) is 5.69 Å². The van der Waals surface area contributed by atoms with Crippen LogP contribution >= 0.6 is 0 Å². The van der Waals surface area contributed by atoms with Crippen molar-refractivity contribution >= 4 is 11.6 Å². The van der Waals surface area contributed by atoms with Crippen LogP contribution in [0.3, 0.4) is 0 Å². The zero-order valence-corrected chi connectivity index (χ0v) is 12.9. The number of aromatic nitrogens is 2. The van der Waals surface area contributed by atoms with E-state index in [9.17, 15) is 14.9 Å². The average molecular weight is 328 g/mol. The quantitative estimate of drug-likeness (QED) is 0.611. The Labute approximate surface area is 138 Å². The number of carbonyl (C=O) groups is 1. The first-order valence-corrected chi connectivity index (χ1v) is 7.55. The molecular formula is C16H16N4O4. The normalized spacial score (nSPS) is 16.8. The van der Waals surface area contributed by atoms with Gasteiger partial charge in [-0.3, -0.25) is 19.9 Å². The van der Waals surface area contributed by atoms with Crippen molar-refractivity contribution in [3.05, 3.63) is 58.5 Å². The second-order valence-electron chi connectivity index (χ2n) is 5.51. The van der Waals surface area contributed by atoms with Gasteiger partial charge in [-0.1, -0.05) is 12.1 Å². The maximum absolute atomic E-state index is 12.3. The topological polar surface area (TPSA) is 98.5 Å². The largest absolute Gasteiger partial charge is 0.471 e. The molecule has 0 radical (unpaired) electrons. The smallest absolute Gasteiger partial charge is 0.269 e. The second kappa shape index (κ2) is 7.03. The minimum atomic E-state index is -0.458. The van der Waals surface area contributed by atoms with E-state index in [4.69, 9.17) is 4.74 Å². The predicted molar refractivity (Wildman–Crippen MR) is 84.4 cm³/mol. The van der Waals surface area contributed by atoms with Crippen LogP contribution in [-0.4, -0.2) is 44.9 Å². The summed E-state index contributed by atoms with van der Waals surface area (Å²) in [6, 6.07) is 6.04. The highest BCUT2D eigenvalue weighted by Gasteiger charge is 2.27. The average Bonchev–Trinajstić information content (AvgIpc) is 3.05. The van der Waals surface area contributed by atoms with Crippen LogP contribution in [-0.2, 0) is 11.2 Å². The van der Waals surface area contributed by atoms with Crippen molar-refractivity contribution in [2.45, 2.75) is 18.9 Å². The zero-order valence-electron chi connectivity index (χ0n) is 12.9. The van der Waals surface area contributed by atoms with Gasteiger partial charge in [0.05, 0.1) is 24.1 Å². The molecule has 0 bridgehead atoms. The molecule has 1 aliphatic rings. The SMILES string of the molecule is O=C(Cc1ccc([N+](=O)[O-])cc1)N1CCC(Oc2cnccn2)C1. The molecule has 1 fully saturated rings. The van der Waals surface area contributed by atoms with E-state index in [-0.39, 0.29) is 24.1 Å². The molecule has 0 saturated carbocycles. The van der Waals surface area contributed by atoms with Crippen LogP contribution in [0.5, 0.6) is 5.88 Å². The van der Waals surface area contributed by atoms with Gasteiger partial charge in [-0.2, -0.15) is 0 Å².